The third-order valence-electron chi connectivity index (χ3n) is 2.74. The molecule has 8 heteroatoms. The lowest BCUT2D eigenvalue weighted by Crippen LogP contribution is -2.27. The van der Waals surface area contributed by atoms with E-state index in [0.29, 0.717) is 12.4 Å². The van der Waals surface area contributed by atoms with Gasteiger partial charge in [-0.05, 0) is 11.5 Å². The molecule has 0 amide bonds. The average molecular weight is 309 g/mol. The molecule has 2 aromatic rings. The van der Waals surface area contributed by atoms with Gasteiger partial charge in [-0.25, -0.2) is 22.9 Å². The fraction of sp³-hybridized carbons (Fsp3) is 0.231. The summed E-state index contributed by atoms with van der Waals surface area (Å²) >= 11 is 0. The van der Waals surface area contributed by atoms with Crippen molar-refractivity contribution in [2.45, 2.75) is 0 Å². The van der Waals surface area contributed by atoms with Crippen LogP contribution >= 0.6 is 0 Å². The standard InChI is InChI=1S/C13H15N3O4S/c1-21(19,20)15-7-6-14-12-10-5-3-2-4-9(10)8-11(16-12)13(17)18/h2-5,8,15H,6-7H2,1H3,(H,14,16)(H,17,18). The molecule has 0 fully saturated rings. The summed E-state index contributed by atoms with van der Waals surface area (Å²) in [7, 11) is -3.25. The van der Waals surface area contributed by atoms with Gasteiger partial charge in [0.15, 0.2) is 5.69 Å². The maximum Gasteiger partial charge on any atom is 0.354 e. The molecule has 0 bridgehead atoms. The van der Waals surface area contributed by atoms with Gasteiger partial charge in [0.25, 0.3) is 0 Å². The van der Waals surface area contributed by atoms with Crippen LogP contribution in [0.4, 0.5) is 5.82 Å². The first-order chi connectivity index (χ1) is 9.87. The number of carbonyl (C=O) groups is 1. The third-order valence-corrected chi connectivity index (χ3v) is 3.47. The Bertz CT molecular complexity index is 774. The first kappa shape index (κ1) is 15.2. The summed E-state index contributed by atoms with van der Waals surface area (Å²) in [6, 6.07) is 8.74. The Kier molecular flexibility index (Phi) is 4.39. The molecule has 0 unspecified atom stereocenters. The van der Waals surface area contributed by atoms with Crippen molar-refractivity contribution < 1.29 is 18.3 Å². The van der Waals surface area contributed by atoms with Gasteiger partial charge < -0.3 is 10.4 Å². The Morgan fingerprint density at radius 2 is 2.00 bits per heavy atom. The van der Waals surface area contributed by atoms with Crippen molar-refractivity contribution in [3.05, 3.63) is 36.0 Å². The average Bonchev–Trinajstić information content (AvgIpc) is 2.42. The number of carboxylic acids is 1. The zero-order valence-electron chi connectivity index (χ0n) is 11.3. The van der Waals surface area contributed by atoms with E-state index in [1.807, 2.05) is 18.2 Å². The highest BCUT2D eigenvalue weighted by molar-refractivity contribution is 7.88. The zero-order valence-corrected chi connectivity index (χ0v) is 12.1. The highest BCUT2D eigenvalue weighted by atomic mass is 32.2. The number of benzene rings is 1. The Hall–Kier alpha value is -2.19. The molecule has 0 radical (unpaired) electrons. The quantitative estimate of drug-likeness (QED) is 0.684. The largest absolute Gasteiger partial charge is 0.477 e. The maximum absolute atomic E-state index is 11.1. The molecule has 1 aromatic heterocycles. The summed E-state index contributed by atoms with van der Waals surface area (Å²) in [5.41, 5.74) is -0.0627. The number of nitrogens with zero attached hydrogens (tertiary/aromatic N) is 1. The molecular formula is C13H15N3O4S. The Morgan fingerprint density at radius 1 is 1.29 bits per heavy atom. The van der Waals surface area contributed by atoms with Gasteiger partial charge in [0.2, 0.25) is 10.0 Å². The normalized spacial score (nSPS) is 11.5. The van der Waals surface area contributed by atoms with Gasteiger partial charge >= 0.3 is 5.97 Å². The van der Waals surface area contributed by atoms with Gasteiger partial charge in [-0.15, -0.1) is 0 Å². The van der Waals surface area contributed by atoms with Crippen molar-refractivity contribution in [1.29, 1.82) is 0 Å². The van der Waals surface area contributed by atoms with E-state index >= 15 is 0 Å². The van der Waals surface area contributed by atoms with Gasteiger partial charge in [-0.3, -0.25) is 0 Å². The summed E-state index contributed by atoms with van der Waals surface area (Å²) < 4.78 is 24.3. The molecule has 0 aliphatic carbocycles. The minimum absolute atomic E-state index is 0.0627. The number of aromatic carboxylic acids is 1. The number of aromatic nitrogens is 1. The predicted molar refractivity (Wildman–Crippen MR) is 80.0 cm³/mol. The SMILES string of the molecule is CS(=O)(=O)NCCNc1nc(C(=O)O)cc2ccccc12. The molecule has 1 heterocycles. The number of sulfonamides is 1. The van der Waals surface area contributed by atoms with Gasteiger partial charge in [-0.2, -0.15) is 0 Å². The topological polar surface area (TPSA) is 108 Å². The third kappa shape index (κ3) is 4.14. The van der Waals surface area contributed by atoms with Crippen molar-refractivity contribution >= 4 is 32.6 Å². The van der Waals surface area contributed by atoms with Gasteiger partial charge in [0.1, 0.15) is 5.82 Å². The van der Waals surface area contributed by atoms with Crippen molar-refractivity contribution in [2.24, 2.45) is 0 Å². The molecule has 0 aliphatic heterocycles. The van der Waals surface area contributed by atoms with Crippen LogP contribution in [0.15, 0.2) is 30.3 Å². The van der Waals surface area contributed by atoms with Gasteiger partial charge in [-0.1, -0.05) is 24.3 Å². The highest BCUT2D eigenvalue weighted by Gasteiger charge is 2.10. The van der Waals surface area contributed by atoms with Crippen LogP contribution in [-0.4, -0.2) is 43.8 Å². The number of pyridine rings is 1. The summed E-state index contributed by atoms with van der Waals surface area (Å²) in [4.78, 5) is 15.1. The van der Waals surface area contributed by atoms with Gasteiger partial charge in [0, 0.05) is 18.5 Å². The number of hydrogen-bond acceptors (Lipinski definition) is 5. The van der Waals surface area contributed by atoms with Crippen LogP contribution in [0.25, 0.3) is 10.8 Å². The molecule has 7 nitrogen and oxygen atoms in total. The van der Waals surface area contributed by atoms with E-state index in [1.54, 1.807) is 6.07 Å². The van der Waals surface area contributed by atoms with Crippen LogP contribution in [0.3, 0.4) is 0 Å². The number of nitrogens with one attached hydrogen (secondary N) is 2. The fourth-order valence-electron chi connectivity index (χ4n) is 1.86. The molecule has 3 N–H and O–H groups in total. The second kappa shape index (κ2) is 6.06. The minimum Gasteiger partial charge on any atom is -0.477 e. The Labute approximate surface area is 122 Å². The van der Waals surface area contributed by atoms with Crippen molar-refractivity contribution in [3.8, 4) is 0 Å². The van der Waals surface area contributed by atoms with E-state index in [4.69, 9.17) is 5.11 Å². The van der Waals surface area contributed by atoms with E-state index in [1.165, 1.54) is 6.07 Å². The molecule has 2 rings (SSSR count). The first-order valence-corrected chi connectivity index (χ1v) is 8.07. The van der Waals surface area contributed by atoms with E-state index in [-0.39, 0.29) is 12.2 Å². The van der Waals surface area contributed by atoms with Crippen molar-refractivity contribution in [2.75, 3.05) is 24.7 Å². The molecule has 0 aliphatic rings. The lowest BCUT2D eigenvalue weighted by molar-refractivity contribution is 0.0691. The second-order valence-corrected chi connectivity index (χ2v) is 6.31. The molecule has 0 spiro atoms. The van der Waals surface area contributed by atoms with E-state index in [9.17, 15) is 13.2 Å². The summed E-state index contributed by atoms with van der Waals surface area (Å²) in [5, 5.41) is 13.6. The van der Waals surface area contributed by atoms with Crippen LogP contribution in [0.1, 0.15) is 10.5 Å². The molecular weight excluding hydrogens is 294 g/mol. The van der Waals surface area contributed by atoms with E-state index < -0.39 is 16.0 Å². The Balaban J connectivity index is 2.23. The molecule has 0 saturated carbocycles. The van der Waals surface area contributed by atoms with Crippen LogP contribution in [0.5, 0.6) is 0 Å². The number of hydrogen-bond donors (Lipinski definition) is 3. The number of anilines is 1. The monoisotopic (exact) mass is 309 g/mol. The van der Waals surface area contributed by atoms with Gasteiger partial charge in [0.05, 0.1) is 6.26 Å². The van der Waals surface area contributed by atoms with E-state index in [0.717, 1.165) is 17.0 Å². The molecule has 21 heavy (non-hydrogen) atoms. The molecule has 1 aromatic carbocycles. The molecule has 0 atom stereocenters. The van der Waals surface area contributed by atoms with Crippen LogP contribution in [0, 0.1) is 0 Å². The minimum atomic E-state index is -3.25. The lowest BCUT2D eigenvalue weighted by atomic mass is 10.1. The Morgan fingerprint density at radius 3 is 2.67 bits per heavy atom. The lowest BCUT2D eigenvalue weighted by Gasteiger charge is -2.10. The predicted octanol–water partition coefficient (Wildman–Crippen LogP) is 0.894. The molecule has 0 saturated heterocycles. The van der Waals surface area contributed by atoms with Crippen molar-refractivity contribution in [3.63, 3.8) is 0 Å². The number of rotatable bonds is 6. The second-order valence-electron chi connectivity index (χ2n) is 4.48. The van der Waals surface area contributed by atoms with Crippen LogP contribution in [0.2, 0.25) is 0 Å². The first-order valence-electron chi connectivity index (χ1n) is 6.18. The summed E-state index contributed by atoms with van der Waals surface area (Å²) in [6.07, 6.45) is 1.08. The smallest absolute Gasteiger partial charge is 0.354 e. The molecule has 112 valence electrons. The van der Waals surface area contributed by atoms with Crippen molar-refractivity contribution in [1.82, 2.24) is 9.71 Å². The highest BCUT2D eigenvalue weighted by Crippen LogP contribution is 2.22. The zero-order chi connectivity index (χ0) is 15.5. The van der Waals surface area contributed by atoms with E-state index in [2.05, 4.69) is 15.0 Å². The van der Waals surface area contributed by atoms with Crippen LogP contribution < -0.4 is 10.0 Å². The summed E-state index contributed by atoms with van der Waals surface area (Å²) in [6.45, 7) is 0.485. The number of carboxylic acid groups (broad SMARTS) is 1. The van der Waals surface area contributed by atoms with Crippen LogP contribution in [-0.2, 0) is 10.0 Å². The summed E-state index contributed by atoms with van der Waals surface area (Å²) in [5.74, 6) is -0.695. The maximum atomic E-state index is 11.1. The number of fused-ring (bicyclic) bond motifs is 1. The fourth-order valence-corrected chi connectivity index (χ4v) is 2.33.